The Hall–Kier alpha value is -6.98. The van der Waals surface area contributed by atoms with E-state index in [0.29, 0.717) is 5.95 Å². The molecule has 0 saturated heterocycles. The van der Waals surface area contributed by atoms with Crippen LogP contribution in [0.2, 0.25) is 0 Å². The van der Waals surface area contributed by atoms with Crippen LogP contribution in [0.5, 0.6) is 0 Å². The molecule has 0 spiro atoms. The van der Waals surface area contributed by atoms with Crippen molar-refractivity contribution in [1.29, 1.82) is 0 Å². The highest BCUT2D eigenvalue weighted by atomic mass is 16.3. The number of aromatic nitrogens is 4. The fourth-order valence-corrected chi connectivity index (χ4v) is 7.88. The summed E-state index contributed by atoms with van der Waals surface area (Å²) in [5.41, 5.74) is 10.9. The SMILES string of the molecule is c1ccc(-c2cc(-c3ccc4c5ccccc5n(-c5cccc6c5oc5ccccc56)c4c3)nc(-n3c4ccccc4c4ccccc43)n2)cc1. The summed E-state index contributed by atoms with van der Waals surface area (Å²) in [4.78, 5) is 10.6. The predicted molar refractivity (Wildman–Crippen MR) is 209 cm³/mol. The van der Waals surface area contributed by atoms with Gasteiger partial charge < -0.3 is 8.98 Å². The van der Waals surface area contributed by atoms with Crippen LogP contribution in [0.15, 0.2) is 174 Å². The van der Waals surface area contributed by atoms with E-state index in [9.17, 15) is 0 Å². The first-order valence-electron chi connectivity index (χ1n) is 17.2. The van der Waals surface area contributed by atoms with E-state index in [2.05, 4.69) is 161 Å². The summed E-state index contributed by atoms with van der Waals surface area (Å²) < 4.78 is 11.1. The van der Waals surface area contributed by atoms with Crippen molar-refractivity contribution in [3.8, 4) is 34.2 Å². The molecule has 0 atom stereocenters. The normalized spacial score (nSPS) is 11.9. The Labute approximate surface area is 292 Å². The maximum atomic E-state index is 6.57. The Bertz CT molecular complexity index is 3090. The van der Waals surface area contributed by atoms with E-state index in [0.717, 1.165) is 72.2 Å². The summed E-state index contributed by atoms with van der Waals surface area (Å²) in [7, 11) is 0. The summed E-state index contributed by atoms with van der Waals surface area (Å²) in [5.74, 6) is 0.636. The summed E-state index contributed by atoms with van der Waals surface area (Å²) in [6, 6.07) is 59.4. The van der Waals surface area contributed by atoms with E-state index < -0.39 is 0 Å². The Morgan fingerprint density at radius 1 is 0.373 bits per heavy atom. The number of furan rings is 1. The molecule has 0 aliphatic rings. The van der Waals surface area contributed by atoms with Crippen molar-refractivity contribution in [2.75, 3.05) is 0 Å². The first kappa shape index (κ1) is 27.9. The van der Waals surface area contributed by atoms with Crippen molar-refractivity contribution in [2.24, 2.45) is 0 Å². The second kappa shape index (κ2) is 10.8. The average Bonchev–Trinajstić information content (AvgIpc) is 3.86. The highest BCUT2D eigenvalue weighted by Gasteiger charge is 2.20. The quantitative estimate of drug-likeness (QED) is 0.190. The Morgan fingerprint density at radius 2 is 0.922 bits per heavy atom. The number of hydrogen-bond donors (Lipinski definition) is 0. The van der Waals surface area contributed by atoms with Gasteiger partial charge in [0.2, 0.25) is 5.95 Å². The molecule has 4 heterocycles. The number of hydrogen-bond acceptors (Lipinski definition) is 3. The molecule has 0 N–H and O–H groups in total. The summed E-state index contributed by atoms with van der Waals surface area (Å²) in [5, 5.41) is 6.92. The molecule has 0 amide bonds. The van der Waals surface area contributed by atoms with Crippen molar-refractivity contribution in [3.63, 3.8) is 0 Å². The first-order chi connectivity index (χ1) is 25.3. The Balaban J connectivity index is 1.20. The van der Waals surface area contributed by atoms with Gasteiger partial charge in [0.15, 0.2) is 5.58 Å². The lowest BCUT2D eigenvalue weighted by molar-refractivity contribution is 0.666. The zero-order valence-electron chi connectivity index (χ0n) is 27.4. The Kier molecular flexibility index (Phi) is 5.89. The van der Waals surface area contributed by atoms with Gasteiger partial charge in [-0.1, -0.05) is 127 Å². The van der Waals surface area contributed by atoms with E-state index in [-0.39, 0.29) is 0 Å². The molecule has 0 aliphatic heterocycles. The summed E-state index contributed by atoms with van der Waals surface area (Å²) >= 11 is 0. The third-order valence-electron chi connectivity index (χ3n) is 10.2. The minimum Gasteiger partial charge on any atom is -0.454 e. The molecule has 5 heteroatoms. The molecule has 0 saturated carbocycles. The van der Waals surface area contributed by atoms with E-state index in [1.165, 1.54) is 21.5 Å². The fourth-order valence-electron chi connectivity index (χ4n) is 7.88. The van der Waals surface area contributed by atoms with Gasteiger partial charge in [0.25, 0.3) is 0 Å². The van der Waals surface area contributed by atoms with Crippen LogP contribution in [0.4, 0.5) is 0 Å². The standard InChI is InChI=1S/C46H28N4O/c1-2-13-29(14-3-1)37-28-38(48-46(47-37)50-40-21-9-5-15-31(40)32-16-6-10-22-41(32)50)30-25-26-34-33-17-4-8-20-39(33)49(43(34)27-30)42-23-12-19-36-35-18-7-11-24-44(35)51-45(36)42/h1-28H. The van der Waals surface area contributed by atoms with Crippen molar-refractivity contribution in [1.82, 2.24) is 19.1 Å². The van der Waals surface area contributed by atoms with Gasteiger partial charge in [-0.25, -0.2) is 9.97 Å². The Morgan fingerprint density at radius 3 is 1.63 bits per heavy atom. The maximum absolute atomic E-state index is 6.57. The zero-order chi connectivity index (χ0) is 33.5. The van der Waals surface area contributed by atoms with Gasteiger partial charge in [0.05, 0.1) is 39.1 Å². The second-order valence-electron chi connectivity index (χ2n) is 13.0. The molecular weight excluding hydrogens is 625 g/mol. The van der Waals surface area contributed by atoms with Gasteiger partial charge in [-0.2, -0.15) is 0 Å². The van der Waals surface area contributed by atoms with Gasteiger partial charge in [0, 0.05) is 43.4 Å². The van der Waals surface area contributed by atoms with Crippen LogP contribution in [-0.4, -0.2) is 19.1 Å². The molecule has 4 aromatic heterocycles. The molecule has 0 bridgehead atoms. The molecular formula is C46H28N4O. The summed E-state index contributed by atoms with van der Waals surface area (Å²) in [6.45, 7) is 0. The lowest BCUT2D eigenvalue weighted by atomic mass is 10.1. The maximum Gasteiger partial charge on any atom is 0.235 e. The molecule has 11 aromatic rings. The van der Waals surface area contributed by atoms with Gasteiger partial charge in [-0.15, -0.1) is 0 Å². The van der Waals surface area contributed by atoms with E-state index in [4.69, 9.17) is 14.4 Å². The molecule has 0 aliphatic carbocycles. The van der Waals surface area contributed by atoms with Gasteiger partial charge in [-0.05, 0) is 42.5 Å². The fraction of sp³-hybridized carbons (Fsp3) is 0. The zero-order valence-corrected chi connectivity index (χ0v) is 27.4. The van der Waals surface area contributed by atoms with Gasteiger partial charge in [-0.3, -0.25) is 4.57 Å². The van der Waals surface area contributed by atoms with Crippen LogP contribution >= 0.6 is 0 Å². The number of para-hydroxylation sites is 5. The molecule has 0 unspecified atom stereocenters. The number of nitrogens with zero attached hydrogens (tertiary/aromatic N) is 4. The third-order valence-corrected chi connectivity index (χ3v) is 10.2. The highest BCUT2D eigenvalue weighted by molar-refractivity contribution is 6.13. The molecule has 51 heavy (non-hydrogen) atoms. The monoisotopic (exact) mass is 652 g/mol. The number of benzene rings is 7. The molecule has 7 aromatic carbocycles. The van der Waals surface area contributed by atoms with Crippen molar-refractivity contribution < 1.29 is 4.42 Å². The summed E-state index contributed by atoms with van der Waals surface area (Å²) in [6.07, 6.45) is 0. The van der Waals surface area contributed by atoms with Crippen molar-refractivity contribution >= 4 is 65.6 Å². The van der Waals surface area contributed by atoms with Crippen LogP contribution in [0.3, 0.4) is 0 Å². The molecule has 238 valence electrons. The van der Waals surface area contributed by atoms with Crippen LogP contribution in [0.1, 0.15) is 0 Å². The van der Waals surface area contributed by atoms with Crippen molar-refractivity contribution in [2.45, 2.75) is 0 Å². The van der Waals surface area contributed by atoms with Crippen LogP contribution < -0.4 is 0 Å². The molecule has 5 nitrogen and oxygen atoms in total. The van der Waals surface area contributed by atoms with Gasteiger partial charge >= 0.3 is 0 Å². The first-order valence-corrected chi connectivity index (χ1v) is 17.2. The largest absolute Gasteiger partial charge is 0.454 e. The van der Waals surface area contributed by atoms with Crippen LogP contribution in [0, 0.1) is 0 Å². The van der Waals surface area contributed by atoms with Crippen LogP contribution in [0.25, 0.3) is 99.7 Å². The topological polar surface area (TPSA) is 48.8 Å². The lowest BCUT2D eigenvalue weighted by Crippen LogP contribution is -2.04. The number of rotatable bonds is 4. The minimum absolute atomic E-state index is 0.636. The molecule has 0 fully saturated rings. The van der Waals surface area contributed by atoms with Gasteiger partial charge in [0.1, 0.15) is 5.58 Å². The third kappa shape index (κ3) is 4.15. The van der Waals surface area contributed by atoms with E-state index in [1.54, 1.807) is 0 Å². The minimum atomic E-state index is 0.636. The predicted octanol–water partition coefficient (Wildman–Crippen LogP) is 11.9. The number of fused-ring (bicyclic) bond motifs is 9. The average molecular weight is 653 g/mol. The smallest absolute Gasteiger partial charge is 0.235 e. The van der Waals surface area contributed by atoms with Crippen LogP contribution in [-0.2, 0) is 0 Å². The molecule has 0 radical (unpaired) electrons. The van der Waals surface area contributed by atoms with E-state index in [1.807, 2.05) is 18.2 Å². The highest BCUT2D eigenvalue weighted by Crippen LogP contribution is 2.40. The second-order valence-corrected chi connectivity index (χ2v) is 13.0. The van der Waals surface area contributed by atoms with E-state index >= 15 is 0 Å². The lowest BCUT2D eigenvalue weighted by Gasteiger charge is -2.13. The molecule has 11 rings (SSSR count). The van der Waals surface area contributed by atoms with Crippen molar-refractivity contribution in [3.05, 3.63) is 170 Å².